The van der Waals surface area contributed by atoms with Crippen LogP contribution in [0.5, 0.6) is 17.2 Å². The molecule has 0 bridgehead atoms. The Balaban J connectivity index is 0.000000348. The zero-order chi connectivity index (χ0) is 45.1. The van der Waals surface area contributed by atoms with Crippen molar-refractivity contribution in [1.82, 2.24) is 19.6 Å². The average Bonchev–Trinajstić information content (AvgIpc) is 4.05. The summed E-state index contributed by atoms with van der Waals surface area (Å²) in [7, 11) is 2.64. The first kappa shape index (κ1) is 56.2. The number of hydrogen-bond donors (Lipinski definition) is 1. The van der Waals surface area contributed by atoms with E-state index in [0.717, 1.165) is 87.5 Å². The molecule has 4 aromatic carbocycles. The number of benzene rings is 4. The number of carbonyl (C=O) groups is 5. The van der Waals surface area contributed by atoms with Gasteiger partial charge in [0, 0.05) is 50.4 Å². The molecule has 2 saturated heterocycles. The minimum Gasteiger partial charge on any atom is -1.00 e. The summed E-state index contributed by atoms with van der Waals surface area (Å²) < 4.78 is 27.3. The number of aromatic hydroxyl groups is 1. The van der Waals surface area contributed by atoms with Gasteiger partial charge in [0.2, 0.25) is 0 Å². The summed E-state index contributed by atoms with van der Waals surface area (Å²) in [4.78, 5) is 67.5. The maximum atomic E-state index is 12.8. The van der Waals surface area contributed by atoms with Gasteiger partial charge in [-0.15, -0.1) is 0 Å². The maximum Gasteiger partial charge on any atom is 1.00 e. The Morgan fingerprint density at radius 1 is 0.646 bits per heavy atom. The molecule has 4 aliphatic heterocycles. The molecule has 4 heterocycles. The average molecular weight is 949 g/mol. The van der Waals surface area contributed by atoms with Gasteiger partial charge in [-0.2, -0.15) is 0 Å². The second-order valence-electron chi connectivity index (χ2n) is 15.2. The van der Waals surface area contributed by atoms with Crippen LogP contribution in [0.2, 0.25) is 0 Å². The number of rotatable bonds is 11. The van der Waals surface area contributed by atoms with Crippen molar-refractivity contribution in [3.8, 4) is 17.2 Å². The molecule has 1 N–H and O–H groups in total. The largest absolute Gasteiger partial charge is 1.00 e. The number of phenolic OH excluding ortho intramolecular Hbond substituents is 1. The van der Waals surface area contributed by atoms with Gasteiger partial charge in [-0.05, 0) is 161 Å². The summed E-state index contributed by atoms with van der Waals surface area (Å²) in [5.41, 5.74) is 4.36. The predicted molar refractivity (Wildman–Crippen MR) is 229 cm³/mol. The monoisotopic (exact) mass is 948 g/mol. The van der Waals surface area contributed by atoms with E-state index in [-0.39, 0.29) is 140 Å². The van der Waals surface area contributed by atoms with Gasteiger partial charge in [0.05, 0.1) is 25.3 Å². The fraction of sp³-hybridized carbons (Fsp3) is 0.383. The van der Waals surface area contributed by atoms with Crippen molar-refractivity contribution >= 4 is 30.2 Å². The van der Waals surface area contributed by atoms with Crippen molar-refractivity contribution < 1.29 is 162 Å². The Hall–Kier alpha value is -3.09. The molecule has 15 nitrogen and oxygen atoms in total. The molecule has 4 aliphatic rings. The molecular weight excluding hydrogens is 894 g/mol. The van der Waals surface area contributed by atoms with Crippen LogP contribution >= 0.6 is 0 Å². The second kappa shape index (κ2) is 29.6. The number of ether oxygens (including phenoxy) is 3. The van der Waals surface area contributed by atoms with Crippen molar-refractivity contribution in [2.45, 2.75) is 38.5 Å². The standard InChI is InChI=1S/C23H26N2O4.C15H20N2O2.C8H7FO2.CH2O3.2K.H/c1-28-23(27)17-4-6-19(7-5-17)29-20-8-9-21-18(16-20)10-13-25(22(21)26)15-14-24-11-2-3-12-24;18-13-3-4-14-12(11-13)5-8-17(15(14)19)10-9-16-6-1-2-7-16;1-11-8(10)6-2-4-7(9)5-3-6;2-1-4-3;;;/h4-9,16H,2-3,10-15H2,1H3;3-4,11,18H,1-2,5-10H2;2-5H,1H3;1,3H;;;/q;;;;2*+1;-1/p-1. The predicted octanol–water partition coefficient (Wildman–Crippen LogP) is -0.987. The molecular formula is C47H55FK2N4O11. The molecule has 0 saturated carbocycles. The molecule has 0 spiro atoms. The van der Waals surface area contributed by atoms with Crippen LogP contribution < -0.4 is 113 Å². The third kappa shape index (κ3) is 17.5. The minimum atomic E-state index is -0.454. The molecule has 8 rings (SSSR count). The van der Waals surface area contributed by atoms with Gasteiger partial charge in [-0.25, -0.2) is 14.0 Å². The van der Waals surface area contributed by atoms with E-state index in [4.69, 9.17) is 19.5 Å². The normalized spacial score (nSPS) is 15.1. The van der Waals surface area contributed by atoms with Crippen LogP contribution in [0.3, 0.4) is 0 Å². The molecule has 18 heteroatoms. The molecule has 338 valence electrons. The maximum absolute atomic E-state index is 12.8. The molecule has 0 aromatic heterocycles. The number of hydrogen-bond acceptors (Lipinski definition) is 13. The third-order valence-corrected chi connectivity index (χ3v) is 11.1. The molecule has 0 atom stereocenters. The van der Waals surface area contributed by atoms with Crippen molar-refractivity contribution in [3.63, 3.8) is 0 Å². The number of fused-ring (bicyclic) bond motifs is 2. The van der Waals surface area contributed by atoms with E-state index >= 15 is 0 Å². The van der Waals surface area contributed by atoms with Crippen LogP contribution in [0.4, 0.5) is 4.39 Å². The number of methoxy groups -OCH3 is 2. The summed E-state index contributed by atoms with van der Waals surface area (Å²) in [6, 6.07) is 22.7. The van der Waals surface area contributed by atoms with E-state index in [2.05, 4.69) is 19.4 Å². The number of amides is 2. The van der Waals surface area contributed by atoms with Gasteiger partial charge >= 0.3 is 115 Å². The molecule has 65 heavy (non-hydrogen) atoms. The summed E-state index contributed by atoms with van der Waals surface area (Å²) in [6.45, 7) is 9.55. The van der Waals surface area contributed by atoms with E-state index in [1.807, 2.05) is 28.0 Å². The fourth-order valence-electron chi connectivity index (χ4n) is 7.68. The van der Waals surface area contributed by atoms with Crippen molar-refractivity contribution in [1.29, 1.82) is 0 Å². The van der Waals surface area contributed by atoms with Gasteiger partial charge in [-0.1, -0.05) is 0 Å². The minimum absolute atomic E-state index is 0. The van der Waals surface area contributed by atoms with Gasteiger partial charge in [0.15, 0.2) is 0 Å². The second-order valence-corrected chi connectivity index (χ2v) is 15.2. The zero-order valence-corrected chi connectivity index (χ0v) is 43.9. The van der Waals surface area contributed by atoms with Gasteiger partial charge < -0.3 is 50.5 Å². The number of phenols is 1. The van der Waals surface area contributed by atoms with Crippen LogP contribution in [-0.2, 0) is 32.0 Å². The number of nitrogens with zero attached hydrogens (tertiary/aromatic N) is 4. The SMILES string of the molecule is COC(=O)c1ccc(F)cc1.COC(=O)c1ccc(Oc2ccc3c(c2)CCN(CCN2CCCC2)C3=O)cc1.O=C1c2ccc(O)cc2CCN1CCN1CCCC1.O=CO[O-].[H-].[K+].[K+]. The summed E-state index contributed by atoms with van der Waals surface area (Å²) in [6.07, 6.45) is 6.79. The number of esters is 2. The molecule has 0 radical (unpaired) electrons. The van der Waals surface area contributed by atoms with Crippen LogP contribution in [0.15, 0.2) is 84.9 Å². The van der Waals surface area contributed by atoms with Gasteiger partial charge in [-0.3, -0.25) is 14.4 Å². The topological polar surface area (TPSA) is 179 Å². The van der Waals surface area contributed by atoms with Crippen molar-refractivity contribution in [2.24, 2.45) is 0 Å². The quantitative estimate of drug-likeness (QED) is 0.0639. The molecule has 0 aliphatic carbocycles. The van der Waals surface area contributed by atoms with E-state index in [1.54, 1.807) is 42.5 Å². The first-order chi connectivity index (χ1) is 30.5. The third-order valence-electron chi connectivity index (χ3n) is 11.1. The van der Waals surface area contributed by atoms with Crippen molar-refractivity contribution in [2.75, 3.05) is 79.7 Å². The summed E-state index contributed by atoms with van der Waals surface area (Å²) in [5.74, 6) is 0.595. The number of likely N-dealkylation sites (tertiary alicyclic amines) is 2. The number of carbonyl (C=O) groups excluding carboxylic acids is 5. The Morgan fingerprint density at radius 3 is 1.51 bits per heavy atom. The smallest absolute Gasteiger partial charge is 1.00 e. The van der Waals surface area contributed by atoms with E-state index < -0.39 is 5.97 Å². The molecule has 0 unspecified atom stereocenters. The Kier molecular flexibility index (Phi) is 25.6. The zero-order valence-electron chi connectivity index (χ0n) is 38.7. The first-order valence-corrected chi connectivity index (χ1v) is 20.9. The Bertz CT molecular complexity index is 2160. The molecule has 2 fully saturated rings. The summed E-state index contributed by atoms with van der Waals surface area (Å²) in [5, 5.41) is 17.9. The molecule has 4 aromatic rings. The van der Waals surface area contributed by atoms with Gasteiger partial charge in [0.1, 0.15) is 23.1 Å². The van der Waals surface area contributed by atoms with E-state index in [1.165, 1.54) is 77.3 Å². The van der Waals surface area contributed by atoms with Crippen LogP contribution in [0, 0.1) is 5.82 Å². The molecule has 2 amide bonds. The summed E-state index contributed by atoms with van der Waals surface area (Å²) >= 11 is 0. The Labute approximate surface area is 465 Å². The first-order valence-electron chi connectivity index (χ1n) is 20.9. The van der Waals surface area contributed by atoms with E-state index in [0.29, 0.717) is 22.6 Å². The van der Waals surface area contributed by atoms with Gasteiger partial charge in [0.25, 0.3) is 18.3 Å². The van der Waals surface area contributed by atoms with Crippen LogP contribution in [0.1, 0.15) is 79.7 Å². The van der Waals surface area contributed by atoms with Crippen molar-refractivity contribution in [3.05, 3.63) is 124 Å². The number of halogens is 1. The fourth-order valence-corrected chi connectivity index (χ4v) is 7.68. The van der Waals surface area contributed by atoms with E-state index in [9.17, 15) is 28.7 Å². The van der Waals surface area contributed by atoms with Crippen LogP contribution in [-0.4, -0.2) is 135 Å². The van der Waals surface area contributed by atoms with Crippen LogP contribution in [0.25, 0.3) is 0 Å². The Morgan fingerprint density at radius 2 is 1.06 bits per heavy atom.